The number of aryl methyl sites for hydroxylation is 1. The molecule has 190 valence electrons. The number of hydrogen-bond donors (Lipinski definition) is 1. The summed E-state index contributed by atoms with van der Waals surface area (Å²) in [6.45, 7) is 14.7. The van der Waals surface area contributed by atoms with E-state index in [0.717, 1.165) is 72.8 Å². The predicted molar refractivity (Wildman–Crippen MR) is 145 cm³/mol. The predicted octanol–water partition coefficient (Wildman–Crippen LogP) is 4.71. The van der Waals surface area contributed by atoms with Crippen molar-refractivity contribution in [2.45, 2.75) is 47.1 Å². The molecule has 1 unspecified atom stereocenters. The van der Waals surface area contributed by atoms with Gasteiger partial charge in [-0.2, -0.15) is 0 Å². The molecule has 8 heteroatoms. The van der Waals surface area contributed by atoms with E-state index in [1.807, 2.05) is 30.9 Å². The molecular weight excluding hydrogens is 460 g/mol. The maximum Gasteiger partial charge on any atom is 0.312 e. The van der Waals surface area contributed by atoms with Crippen LogP contribution in [0.15, 0.2) is 29.4 Å². The molecule has 1 N–H and O–H groups in total. The quantitative estimate of drug-likeness (QED) is 0.564. The number of carboxylic acids is 1. The van der Waals surface area contributed by atoms with Crippen LogP contribution in [0.2, 0.25) is 0 Å². The summed E-state index contributed by atoms with van der Waals surface area (Å²) in [5.74, 6) is 1.47. The smallest absolute Gasteiger partial charge is 0.312 e. The van der Waals surface area contributed by atoms with Gasteiger partial charge >= 0.3 is 5.97 Å². The van der Waals surface area contributed by atoms with Gasteiger partial charge in [-0.15, -0.1) is 11.8 Å². The lowest BCUT2D eigenvalue weighted by Crippen LogP contribution is -2.36. The molecule has 1 fully saturated rings. The van der Waals surface area contributed by atoms with Gasteiger partial charge in [0.05, 0.1) is 22.0 Å². The summed E-state index contributed by atoms with van der Waals surface area (Å²) in [7, 11) is 0. The van der Waals surface area contributed by atoms with Crippen LogP contribution in [-0.4, -0.2) is 77.1 Å². The van der Waals surface area contributed by atoms with Gasteiger partial charge in [0.25, 0.3) is 0 Å². The van der Waals surface area contributed by atoms with Crippen molar-refractivity contribution in [1.82, 2.24) is 9.88 Å². The van der Waals surface area contributed by atoms with Gasteiger partial charge in [-0.05, 0) is 51.4 Å². The molecule has 4 rings (SSSR count). The molecule has 1 aromatic heterocycles. The number of thioether (sulfide) groups is 1. The van der Waals surface area contributed by atoms with Gasteiger partial charge < -0.3 is 14.7 Å². The third-order valence-corrected chi connectivity index (χ3v) is 8.19. The summed E-state index contributed by atoms with van der Waals surface area (Å²) in [6, 6.07) is 6.49. The SMILES string of the molecule is Cc1cc2cccnc2c(N2CCCN(CC3CSC(C(C)C)=N3)CC2)c1OCC(C)(C)C(=O)O. The van der Waals surface area contributed by atoms with E-state index in [-0.39, 0.29) is 6.61 Å². The van der Waals surface area contributed by atoms with Crippen LogP contribution in [-0.2, 0) is 4.79 Å². The summed E-state index contributed by atoms with van der Waals surface area (Å²) in [5.41, 5.74) is 1.92. The van der Waals surface area contributed by atoms with E-state index in [0.29, 0.717) is 12.0 Å². The summed E-state index contributed by atoms with van der Waals surface area (Å²) in [6.07, 6.45) is 2.86. The molecular formula is C27H38N4O3S. The van der Waals surface area contributed by atoms with Crippen LogP contribution in [0.5, 0.6) is 5.75 Å². The fraction of sp³-hybridized carbons (Fsp3) is 0.593. The van der Waals surface area contributed by atoms with Crippen molar-refractivity contribution in [3.63, 3.8) is 0 Å². The average Bonchev–Trinajstić information content (AvgIpc) is 3.16. The minimum Gasteiger partial charge on any atom is -0.490 e. The van der Waals surface area contributed by atoms with E-state index in [9.17, 15) is 9.90 Å². The Balaban J connectivity index is 1.57. The van der Waals surface area contributed by atoms with Crippen LogP contribution in [0.4, 0.5) is 5.69 Å². The van der Waals surface area contributed by atoms with Crippen molar-refractivity contribution in [3.8, 4) is 5.75 Å². The number of benzene rings is 1. The minimum atomic E-state index is -0.979. The van der Waals surface area contributed by atoms with Crippen LogP contribution in [0.1, 0.15) is 39.7 Å². The average molecular weight is 499 g/mol. The highest BCUT2D eigenvalue weighted by molar-refractivity contribution is 8.14. The number of carboxylic acid groups (broad SMARTS) is 1. The molecule has 7 nitrogen and oxygen atoms in total. The number of anilines is 1. The molecule has 0 aliphatic carbocycles. The highest BCUT2D eigenvalue weighted by Crippen LogP contribution is 2.40. The molecule has 1 aromatic carbocycles. The van der Waals surface area contributed by atoms with Gasteiger partial charge in [-0.25, -0.2) is 0 Å². The largest absolute Gasteiger partial charge is 0.490 e. The molecule has 3 heterocycles. The molecule has 2 aromatic rings. The summed E-state index contributed by atoms with van der Waals surface area (Å²) in [5, 5.41) is 11.9. The van der Waals surface area contributed by atoms with Crippen LogP contribution in [0.25, 0.3) is 10.9 Å². The first-order valence-electron chi connectivity index (χ1n) is 12.6. The van der Waals surface area contributed by atoms with Crippen LogP contribution < -0.4 is 9.64 Å². The number of aliphatic imine (C=N–C) groups is 1. The Kier molecular flexibility index (Phi) is 7.91. The molecule has 1 atom stereocenters. The van der Waals surface area contributed by atoms with Crippen molar-refractivity contribution in [2.24, 2.45) is 16.3 Å². The number of rotatable bonds is 8. The lowest BCUT2D eigenvalue weighted by atomic mass is 9.95. The zero-order valence-corrected chi connectivity index (χ0v) is 22.4. The number of hydrogen-bond acceptors (Lipinski definition) is 7. The Labute approximate surface area is 212 Å². The van der Waals surface area contributed by atoms with Crippen molar-refractivity contribution in [2.75, 3.05) is 50.0 Å². The number of pyridine rings is 1. The zero-order valence-electron chi connectivity index (χ0n) is 21.6. The lowest BCUT2D eigenvalue weighted by molar-refractivity contribution is -0.148. The maximum absolute atomic E-state index is 11.7. The summed E-state index contributed by atoms with van der Waals surface area (Å²) < 4.78 is 6.27. The third-order valence-electron chi connectivity index (χ3n) is 6.77. The molecule has 1 saturated heterocycles. The second kappa shape index (κ2) is 10.7. The minimum absolute atomic E-state index is 0.101. The fourth-order valence-corrected chi connectivity index (χ4v) is 5.74. The monoisotopic (exact) mass is 498 g/mol. The maximum atomic E-state index is 11.7. The van der Waals surface area contributed by atoms with Gasteiger partial charge in [-0.1, -0.05) is 19.9 Å². The topological polar surface area (TPSA) is 78.3 Å². The number of aliphatic carboxylic acids is 1. The van der Waals surface area contributed by atoms with Gasteiger partial charge in [-0.3, -0.25) is 19.7 Å². The number of fused-ring (bicyclic) bond motifs is 1. The Bertz CT molecular complexity index is 1100. The second-order valence-electron chi connectivity index (χ2n) is 10.7. The van der Waals surface area contributed by atoms with Crippen LogP contribution in [0, 0.1) is 18.3 Å². The van der Waals surface area contributed by atoms with E-state index in [1.165, 1.54) is 5.04 Å². The normalized spacial score (nSPS) is 19.8. The van der Waals surface area contributed by atoms with E-state index in [1.54, 1.807) is 13.8 Å². The molecule has 0 bridgehead atoms. The third kappa shape index (κ3) is 5.92. The molecule has 0 radical (unpaired) electrons. The van der Waals surface area contributed by atoms with E-state index >= 15 is 0 Å². The van der Waals surface area contributed by atoms with Gasteiger partial charge in [0.1, 0.15) is 18.0 Å². The molecule has 35 heavy (non-hydrogen) atoms. The van der Waals surface area contributed by atoms with Crippen LogP contribution >= 0.6 is 11.8 Å². The molecule has 0 amide bonds. The number of carbonyl (C=O) groups is 1. The van der Waals surface area contributed by atoms with E-state index in [4.69, 9.17) is 14.7 Å². The number of nitrogens with zero attached hydrogens (tertiary/aromatic N) is 4. The molecule has 0 spiro atoms. The lowest BCUT2D eigenvalue weighted by Gasteiger charge is -2.29. The highest BCUT2D eigenvalue weighted by atomic mass is 32.2. The second-order valence-corrected chi connectivity index (χ2v) is 11.7. The Hall–Kier alpha value is -2.32. The Morgan fingerprint density at radius 2 is 2.09 bits per heavy atom. The summed E-state index contributed by atoms with van der Waals surface area (Å²) >= 11 is 1.91. The van der Waals surface area contributed by atoms with Crippen molar-refractivity contribution in [1.29, 1.82) is 0 Å². The molecule has 0 saturated carbocycles. The molecule has 2 aliphatic rings. The Morgan fingerprint density at radius 3 is 2.80 bits per heavy atom. The van der Waals surface area contributed by atoms with Gasteiger partial charge in [0, 0.05) is 49.4 Å². The van der Waals surface area contributed by atoms with E-state index in [2.05, 4.69) is 35.8 Å². The summed E-state index contributed by atoms with van der Waals surface area (Å²) in [4.78, 5) is 26.3. The van der Waals surface area contributed by atoms with Crippen LogP contribution in [0.3, 0.4) is 0 Å². The number of ether oxygens (including phenoxy) is 1. The standard InChI is InChI=1S/C27H38N4O3S/c1-18(2)25-29-21(16-35-25)15-30-10-7-11-31(13-12-30)23-22-20(8-6-9-28-22)14-19(3)24(23)34-17-27(4,5)26(32)33/h6,8-9,14,18,21H,7,10-13,15-17H2,1-5H3,(H,32,33). The van der Waals surface area contributed by atoms with Gasteiger partial charge in [0.2, 0.25) is 0 Å². The first kappa shape index (κ1) is 25.8. The van der Waals surface area contributed by atoms with Crippen molar-refractivity contribution >= 4 is 39.4 Å². The fourth-order valence-electron chi connectivity index (χ4n) is 4.64. The Morgan fingerprint density at radius 1 is 1.29 bits per heavy atom. The first-order valence-corrected chi connectivity index (χ1v) is 13.6. The van der Waals surface area contributed by atoms with Gasteiger partial charge in [0.15, 0.2) is 0 Å². The van der Waals surface area contributed by atoms with Crippen molar-refractivity contribution in [3.05, 3.63) is 30.0 Å². The molecule has 2 aliphatic heterocycles. The van der Waals surface area contributed by atoms with E-state index < -0.39 is 11.4 Å². The number of aromatic nitrogens is 1. The van der Waals surface area contributed by atoms with Crippen molar-refractivity contribution < 1.29 is 14.6 Å². The zero-order chi connectivity index (χ0) is 25.2. The first-order chi connectivity index (χ1) is 16.7. The highest BCUT2D eigenvalue weighted by Gasteiger charge is 2.30.